The number of anilines is 1. The molecule has 0 bridgehead atoms. The van der Waals surface area contributed by atoms with Crippen molar-refractivity contribution >= 4 is 11.8 Å². The first kappa shape index (κ1) is 13.1. The number of aromatic carboxylic acids is 1. The third-order valence-electron chi connectivity index (χ3n) is 1.71. The van der Waals surface area contributed by atoms with E-state index in [1.807, 2.05) is 5.32 Å². The van der Waals surface area contributed by atoms with Gasteiger partial charge < -0.3 is 10.4 Å². The molecule has 0 radical (unpaired) electrons. The number of carbonyl (C=O) groups is 1. The van der Waals surface area contributed by atoms with Crippen LogP contribution in [-0.2, 0) is 0 Å². The number of aromatic nitrogens is 2. The van der Waals surface area contributed by atoms with E-state index in [4.69, 9.17) is 5.11 Å². The molecule has 0 fully saturated rings. The van der Waals surface area contributed by atoms with Gasteiger partial charge in [0.1, 0.15) is 5.82 Å². The second-order valence-corrected chi connectivity index (χ2v) is 3.02. The van der Waals surface area contributed by atoms with Crippen LogP contribution in [0.25, 0.3) is 0 Å². The summed E-state index contributed by atoms with van der Waals surface area (Å²) in [7, 11) is 0. The largest absolute Gasteiger partial charge is 0.476 e. The maximum absolute atomic E-state index is 12.5. The van der Waals surface area contributed by atoms with E-state index in [0.717, 1.165) is 12.1 Å². The molecule has 0 amide bonds. The third kappa shape index (κ3) is 3.54. The minimum atomic E-state index is -4.19. The second-order valence-electron chi connectivity index (χ2n) is 3.02. The lowest BCUT2D eigenvalue weighted by Gasteiger charge is -2.15. The molecule has 0 aromatic carbocycles. The summed E-state index contributed by atoms with van der Waals surface area (Å²) in [5.74, 6) is -5.73. The van der Waals surface area contributed by atoms with Crippen LogP contribution in [0.15, 0.2) is 12.1 Å². The fourth-order valence-electron chi connectivity index (χ4n) is 0.826. The number of carboxylic acids is 1. The molecule has 0 saturated heterocycles. The number of hydrogen-bond donors (Lipinski definition) is 2. The topological polar surface area (TPSA) is 75.1 Å². The molecule has 0 atom stereocenters. The fourth-order valence-corrected chi connectivity index (χ4v) is 0.826. The van der Waals surface area contributed by atoms with Gasteiger partial charge >= 0.3 is 18.3 Å². The molecule has 0 saturated carbocycles. The van der Waals surface area contributed by atoms with Crippen LogP contribution in [0.5, 0.6) is 0 Å². The average molecular weight is 253 g/mol. The van der Waals surface area contributed by atoms with Crippen molar-refractivity contribution in [2.45, 2.75) is 12.3 Å². The number of nitrogens with zero attached hydrogens (tertiary/aromatic N) is 2. The van der Waals surface area contributed by atoms with Crippen LogP contribution in [0, 0.1) is 0 Å². The molecule has 94 valence electrons. The first-order valence-corrected chi connectivity index (χ1v) is 4.30. The number of rotatable bonds is 5. The summed E-state index contributed by atoms with van der Waals surface area (Å²) in [6.45, 7) is -1.31. The lowest BCUT2D eigenvalue weighted by atomic mass is 10.3. The van der Waals surface area contributed by atoms with Gasteiger partial charge in [-0.2, -0.15) is 8.78 Å². The van der Waals surface area contributed by atoms with Crippen LogP contribution in [0.1, 0.15) is 10.5 Å². The van der Waals surface area contributed by atoms with Crippen LogP contribution < -0.4 is 5.32 Å². The summed E-state index contributed by atoms with van der Waals surface area (Å²) < 4.78 is 48.5. The molecule has 1 heterocycles. The molecule has 5 nitrogen and oxygen atoms in total. The Labute approximate surface area is 92.5 Å². The summed E-state index contributed by atoms with van der Waals surface area (Å²) in [4.78, 5) is 10.4. The summed E-state index contributed by atoms with van der Waals surface area (Å²) in [6.07, 6.45) is -3.79. The quantitative estimate of drug-likeness (QED) is 0.777. The Hall–Kier alpha value is -1.93. The van der Waals surface area contributed by atoms with Crippen LogP contribution >= 0.6 is 0 Å². The van der Waals surface area contributed by atoms with Gasteiger partial charge in [0.15, 0.2) is 5.69 Å². The van der Waals surface area contributed by atoms with Gasteiger partial charge in [0.2, 0.25) is 0 Å². The van der Waals surface area contributed by atoms with E-state index in [2.05, 4.69) is 10.2 Å². The van der Waals surface area contributed by atoms with E-state index in [-0.39, 0.29) is 11.5 Å². The zero-order chi connectivity index (χ0) is 13.1. The van der Waals surface area contributed by atoms with Crippen molar-refractivity contribution in [3.8, 4) is 0 Å². The monoisotopic (exact) mass is 253 g/mol. The van der Waals surface area contributed by atoms with Crippen molar-refractivity contribution in [1.29, 1.82) is 0 Å². The summed E-state index contributed by atoms with van der Waals surface area (Å²) in [5.41, 5.74) is -0.379. The number of halogens is 4. The Bertz CT molecular complexity index is 396. The van der Waals surface area contributed by atoms with E-state index >= 15 is 0 Å². The molecular formula is C8H7F4N3O2. The van der Waals surface area contributed by atoms with Gasteiger partial charge in [-0.1, -0.05) is 0 Å². The Kier molecular flexibility index (Phi) is 3.81. The lowest BCUT2D eigenvalue weighted by molar-refractivity contribution is -0.117. The van der Waals surface area contributed by atoms with Crippen molar-refractivity contribution in [1.82, 2.24) is 10.2 Å². The van der Waals surface area contributed by atoms with Gasteiger partial charge in [-0.05, 0) is 12.1 Å². The molecular weight excluding hydrogens is 246 g/mol. The van der Waals surface area contributed by atoms with Crippen molar-refractivity contribution in [2.75, 3.05) is 11.9 Å². The van der Waals surface area contributed by atoms with Crippen molar-refractivity contribution < 1.29 is 27.5 Å². The molecule has 9 heteroatoms. The lowest BCUT2D eigenvalue weighted by Crippen LogP contribution is -2.35. The molecule has 1 aromatic rings. The highest BCUT2D eigenvalue weighted by Crippen LogP contribution is 2.22. The number of alkyl halides is 4. The molecule has 0 aliphatic carbocycles. The first-order valence-electron chi connectivity index (χ1n) is 4.30. The highest BCUT2D eigenvalue weighted by molar-refractivity contribution is 5.85. The Morgan fingerprint density at radius 3 is 2.47 bits per heavy atom. The van der Waals surface area contributed by atoms with E-state index in [9.17, 15) is 22.4 Å². The zero-order valence-electron chi connectivity index (χ0n) is 8.20. The van der Waals surface area contributed by atoms with Crippen LogP contribution in [0.4, 0.5) is 23.4 Å². The minimum Gasteiger partial charge on any atom is -0.476 e. The van der Waals surface area contributed by atoms with E-state index < -0.39 is 24.9 Å². The Balaban J connectivity index is 2.62. The molecule has 17 heavy (non-hydrogen) atoms. The Morgan fingerprint density at radius 1 is 1.41 bits per heavy atom. The number of nitrogens with one attached hydrogen (secondary N) is 1. The zero-order valence-corrected chi connectivity index (χ0v) is 8.20. The summed E-state index contributed by atoms with van der Waals surface area (Å²) >= 11 is 0. The van der Waals surface area contributed by atoms with Gasteiger partial charge in [-0.25, -0.2) is 13.6 Å². The standard InChI is InChI=1S/C8H7F4N3O2/c9-7(10)8(11,12)3-13-5-2-1-4(6(16)17)14-15-5/h1-2,7H,3H2,(H,13,15)(H,16,17). The summed E-state index contributed by atoms with van der Waals surface area (Å²) in [6, 6.07) is 2.07. The van der Waals surface area contributed by atoms with Crippen molar-refractivity contribution in [3.05, 3.63) is 17.8 Å². The highest BCUT2D eigenvalue weighted by atomic mass is 19.3. The average Bonchev–Trinajstić information content (AvgIpc) is 2.27. The first-order chi connectivity index (χ1) is 7.83. The molecule has 1 rings (SSSR count). The highest BCUT2D eigenvalue weighted by Gasteiger charge is 2.40. The van der Waals surface area contributed by atoms with Gasteiger partial charge in [0.25, 0.3) is 0 Å². The van der Waals surface area contributed by atoms with Crippen molar-refractivity contribution in [3.63, 3.8) is 0 Å². The third-order valence-corrected chi connectivity index (χ3v) is 1.71. The molecule has 0 aliphatic heterocycles. The van der Waals surface area contributed by atoms with Gasteiger partial charge in [-0.15, -0.1) is 10.2 Å². The molecule has 0 aliphatic rings. The maximum Gasteiger partial charge on any atom is 0.356 e. The van der Waals surface area contributed by atoms with Gasteiger partial charge in [-0.3, -0.25) is 0 Å². The normalized spacial score (nSPS) is 11.6. The smallest absolute Gasteiger partial charge is 0.356 e. The summed E-state index contributed by atoms with van der Waals surface area (Å²) in [5, 5.41) is 16.8. The minimum absolute atomic E-state index is 0.213. The maximum atomic E-state index is 12.5. The Morgan fingerprint density at radius 2 is 2.06 bits per heavy atom. The fraction of sp³-hybridized carbons (Fsp3) is 0.375. The SMILES string of the molecule is O=C(O)c1ccc(NCC(F)(F)C(F)F)nn1. The van der Waals surface area contributed by atoms with Gasteiger partial charge in [0, 0.05) is 0 Å². The van der Waals surface area contributed by atoms with Crippen molar-refractivity contribution in [2.24, 2.45) is 0 Å². The predicted molar refractivity (Wildman–Crippen MR) is 48.4 cm³/mol. The molecule has 2 N–H and O–H groups in total. The molecule has 0 unspecified atom stereocenters. The molecule has 1 aromatic heterocycles. The van der Waals surface area contributed by atoms with Crippen LogP contribution in [-0.4, -0.2) is 40.2 Å². The second kappa shape index (κ2) is 4.93. The van der Waals surface area contributed by atoms with Crippen LogP contribution in [0.2, 0.25) is 0 Å². The predicted octanol–water partition coefficient (Wildman–Crippen LogP) is 1.49. The van der Waals surface area contributed by atoms with E-state index in [1.165, 1.54) is 0 Å². The van der Waals surface area contributed by atoms with E-state index in [1.54, 1.807) is 0 Å². The van der Waals surface area contributed by atoms with E-state index in [0.29, 0.717) is 0 Å². The number of hydrogen-bond acceptors (Lipinski definition) is 4. The van der Waals surface area contributed by atoms with Gasteiger partial charge in [0.05, 0.1) is 6.54 Å². The number of carboxylic acid groups (broad SMARTS) is 1. The van der Waals surface area contributed by atoms with Crippen LogP contribution in [0.3, 0.4) is 0 Å². The molecule has 0 spiro atoms.